The van der Waals surface area contributed by atoms with Gasteiger partial charge < -0.3 is 4.90 Å². The van der Waals surface area contributed by atoms with Crippen LogP contribution in [0.2, 0.25) is 0 Å². The molecule has 1 aromatic rings. The minimum atomic E-state index is -0.393. The van der Waals surface area contributed by atoms with E-state index in [2.05, 4.69) is 26.5 Å². The second-order valence-electron chi connectivity index (χ2n) is 5.32. The Bertz CT molecular complexity index is 453. The predicted molar refractivity (Wildman–Crippen MR) is 72.5 cm³/mol. The number of carbonyl (C=O) groups is 1. The Labute approximate surface area is 113 Å². The van der Waals surface area contributed by atoms with Crippen molar-refractivity contribution in [3.63, 3.8) is 0 Å². The molecule has 1 fully saturated rings. The van der Waals surface area contributed by atoms with E-state index in [4.69, 9.17) is 0 Å². The van der Waals surface area contributed by atoms with Gasteiger partial charge in [0.1, 0.15) is 5.82 Å². The first-order valence-electron chi connectivity index (χ1n) is 6.25. The second kappa shape index (κ2) is 5.31. The van der Waals surface area contributed by atoms with Gasteiger partial charge in [-0.15, -0.1) is 12.6 Å². The molecular formula is C14H18FNOS. The van der Waals surface area contributed by atoms with Crippen molar-refractivity contribution in [2.45, 2.75) is 25.2 Å². The van der Waals surface area contributed by atoms with E-state index in [1.54, 1.807) is 0 Å². The summed E-state index contributed by atoms with van der Waals surface area (Å²) in [6.45, 7) is 5.88. The molecule has 18 heavy (non-hydrogen) atoms. The van der Waals surface area contributed by atoms with E-state index in [9.17, 15) is 9.18 Å². The van der Waals surface area contributed by atoms with E-state index >= 15 is 0 Å². The summed E-state index contributed by atoms with van der Waals surface area (Å²) in [6.07, 6.45) is 1.16. The maximum Gasteiger partial charge on any atom is 0.253 e. The molecule has 1 aliphatic heterocycles. The number of likely N-dealkylation sites (tertiary alicyclic amines) is 1. The third kappa shape index (κ3) is 2.86. The number of nitrogens with zero attached hydrogens (tertiary/aromatic N) is 1. The lowest BCUT2D eigenvalue weighted by Gasteiger charge is -2.35. The first-order chi connectivity index (χ1) is 8.47. The Hall–Kier alpha value is -1.03. The van der Waals surface area contributed by atoms with Crippen molar-refractivity contribution in [2.24, 2.45) is 11.8 Å². The summed E-state index contributed by atoms with van der Waals surface area (Å²) in [6, 6.07) is 4.33. The molecule has 98 valence electrons. The number of piperidine rings is 1. The van der Waals surface area contributed by atoms with E-state index in [0.29, 0.717) is 17.4 Å². The second-order valence-corrected chi connectivity index (χ2v) is 5.80. The van der Waals surface area contributed by atoms with Crippen molar-refractivity contribution in [3.05, 3.63) is 29.6 Å². The molecule has 2 unspecified atom stereocenters. The number of hydrogen-bond donors (Lipinski definition) is 1. The molecule has 0 bridgehead atoms. The molecule has 0 aromatic heterocycles. The van der Waals surface area contributed by atoms with Crippen LogP contribution in [0.15, 0.2) is 23.1 Å². The molecule has 0 aliphatic carbocycles. The topological polar surface area (TPSA) is 20.3 Å². The highest BCUT2D eigenvalue weighted by Crippen LogP contribution is 2.23. The number of thiol groups is 1. The lowest BCUT2D eigenvalue weighted by Crippen LogP contribution is -2.42. The molecule has 1 aliphatic rings. The Balaban J connectivity index is 2.17. The molecular weight excluding hydrogens is 249 g/mol. The van der Waals surface area contributed by atoms with Crippen molar-refractivity contribution in [1.29, 1.82) is 0 Å². The molecule has 0 radical (unpaired) electrons. The van der Waals surface area contributed by atoms with Crippen molar-refractivity contribution in [2.75, 3.05) is 13.1 Å². The standard InChI is InChI=1S/C14H18FNOS/c1-9-5-10(2)8-16(7-9)14(17)11-3-4-12(15)13(18)6-11/h3-4,6,9-10,18H,5,7-8H2,1-2H3. The zero-order valence-corrected chi connectivity index (χ0v) is 11.6. The van der Waals surface area contributed by atoms with Crippen LogP contribution >= 0.6 is 12.6 Å². The number of rotatable bonds is 1. The van der Waals surface area contributed by atoms with Crippen LogP contribution in [0.4, 0.5) is 4.39 Å². The Morgan fingerprint density at radius 2 is 1.94 bits per heavy atom. The van der Waals surface area contributed by atoms with Crippen molar-refractivity contribution >= 4 is 18.5 Å². The van der Waals surface area contributed by atoms with Gasteiger partial charge in [-0.25, -0.2) is 4.39 Å². The predicted octanol–water partition coefficient (Wildman–Crippen LogP) is 3.23. The van der Waals surface area contributed by atoms with Crippen LogP contribution in [-0.2, 0) is 0 Å². The lowest BCUT2D eigenvalue weighted by atomic mass is 9.91. The molecule has 2 nitrogen and oxygen atoms in total. The average Bonchev–Trinajstić information content (AvgIpc) is 2.30. The van der Waals surface area contributed by atoms with Gasteiger partial charge in [0.05, 0.1) is 0 Å². The quantitative estimate of drug-likeness (QED) is 0.775. The van der Waals surface area contributed by atoms with E-state index in [0.717, 1.165) is 19.5 Å². The van der Waals surface area contributed by atoms with Crippen molar-refractivity contribution < 1.29 is 9.18 Å². The molecule has 0 spiro atoms. The van der Waals surface area contributed by atoms with Gasteiger partial charge in [0.2, 0.25) is 0 Å². The number of benzene rings is 1. The SMILES string of the molecule is CC1CC(C)CN(C(=O)c2ccc(F)c(S)c2)C1. The highest BCUT2D eigenvalue weighted by Gasteiger charge is 2.26. The van der Waals surface area contributed by atoms with Gasteiger partial charge >= 0.3 is 0 Å². The average molecular weight is 267 g/mol. The summed E-state index contributed by atoms with van der Waals surface area (Å²) >= 11 is 4.02. The number of carbonyl (C=O) groups excluding carboxylic acids is 1. The highest BCUT2D eigenvalue weighted by molar-refractivity contribution is 7.80. The molecule has 4 heteroatoms. The third-order valence-electron chi connectivity index (χ3n) is 3.35. The van der Waals surface area contributed by atoms with Crippen LogP contribution < -0.4 is 0 Å². The highest BCUT2D eigenvalue weighted by atomic mass is 32.1. The molecule has 1 amide bonds. The summed E-state index contributed by atoms with van der Waals surface area (Å²) < 4.78 is 13.1. The van der Waals surface area contributed by atoms with Crippen LogP contribution in [0.3, 0.4) is 0 Å². The molecule has 1 aromatic carbocycles. The molecule has 2 atom stereocenters. The van der Waals surface area contributed by atoms with Gasteiger partial charge in [-0.3, -0.25) is 4.79 Å². The van der Waals surface area contributed by atoms with Gasteiger partial charge in [0, 0.05) is 23.5 Å². The summed E-state index contributed by atoms with van der Waals surface area (Å²) in [5, 5.41) is 0. The fourth-order valence-corrected chi connectivity index (χ4v) is 2.87. The molecule has 1 heterocycles. The van der Waals surface area contributed by atoms with Gasteiger partial charge in [-0.1, -0.05) is 13.8 Å². The summed E-state index contributed by atoms with van der Waals surface area (Å²) in [7, 11) is 0. The number of halogens is 1. The Morgan fingerprint density at radius 1 is 1.33 bits per heavy atom. The largest absolute Gasteiger partial charge is 0.338 e. The maximum absolute atomic E-state index is 13.1. The minimum Gasteiger partial charge on any atom is -0.338 e. The Morgan fingerprint density at radius 3 is 2.50 bits per heavy atom. The lowest BCUT2D eigenvalue weighted by molar-refractivity contribution is 0.0623. The van der Waals surface area contributed by atoms with E-state index in [1.165, 1.54) is 18.2 Å². The van der Waals surface area contributed by atoms with Crippen LogP contribution in [-0.4, -0.2) is 23.9 Å². The molecule has 0 N–H and O–H groups in total. The number of amides is 1. The van der Waals surface area contributed by atoms with Gasteiger partial charge in [-0.2, -0.15) is 0 Å². The zero-order valence-electron chi connectivity index (χ0n) is 10.7. The van der Waals surface area contributed by atoms with Gasteiger partial charge in [0.15, 0.2) is 0 Å². The minimum absolute atomic E-state index is 0.0244. The van der Waals surface area contributed by atoms with Crippen molar-refractivity contribution in [1.82, 2.24) is 4.90 Å². The normalized spacial score (nSPS) is 24.1. The van der Waals surface area contributed by atoms with Crippen LogP contribution in [0.5, 0.6) is 0 Å². The smallest absolute Gasteiger partial charge is 0.253 e. The maximum atomic E-state index is 13.1. The fraction of sp³-hybridized carbons (Fsp3) is 0.500. The summed E-state index contributed by atoms with van der Waals surface area (Å²) in [4.78, 5) is 14.4. The third-order valence-corrected chi connectivity index (χ3v) is 3.69. The Kier molecular flexibility index (Phi) is 3.95. The van der Waals surface area contributed by atoms with Gasteiger partial charge in [0.25, 0.3) is 5.91 Å². The van der Waals surface area contributed by atoms with Crippen molar-refractivity contribution in [3.8, 4) is 0 Å². The van der Waals surface area contributed by atoms with E-state index < -0.39 is 5.82 Å². The molecule has 1 saturated heterocycles. The first kappa shape index (κ1) is 13.4. The van der Waals surface area contributed by atoms with Crippen LogP contribution in [0, 0.1) is 17.7 Å². The summed E-state index contributed by atoms with van der Waals surface area (Å²) in [5.41, 5.74) is 0.516. The van der Waals surface area contributed by atoms with Crippen LogP contribution in [0.25, 0.3) is 0 Å². The van der Waals surface area contributed by atoms with E-state index in [1.807, 2.05) is 4.90 Å². The fourth-order valence-electron chi connectivity index (χ4n) is 2.66. The molecule has 2 rings (SSSR count). The number of hydrogen-bond acceptors (Lipinski definition) is 2. The molecule has 0 saturated carbocycles. The van der Waals surface area contributed by atoms with E-state index in [-0.39, 0.29) is 10.8 Å². The van der Waals surface area contributed by atoms with Crippen LogP contribution in [0.1, 0.15) is 30.6 Å². The van der Waals surface area contributed by atoms with Gasteiger partial charge in [-0.05, 0) is 36.5 Å². The monoisotopic (exact) mass is 267 g/mol. The summed E-state index contributed by atoms with van der Waals surface area (Å²) in [5.74, 6) is 0.626. The first-order valence-corrected chi connectivity index (χ1v) is 6.70. The zero-order chi connectivity index (χ0) is 13.3.